The number of ether oxygens (including phenoxy) is 2. The highest BCUT2D eigenvalue weighted by Gasteiger charge is 2.21. The van der Waals surface area contributed by atoms with Crippen LogP contribution in [0.5, 0.6) is 5.75 Å². The number of aliphatic carboxylic acids is 1. The Bertz CT molecular complexity index is 551. The molecule has 8 nitrogen and oxygen atoms in total. The van der Waals surface area contributed by atoms with Crippen LogP contribution in [0.15, 0.2) is 24.3 Å². The predicted octanol–water partition coefficient (Wildman–Crippen LogP) is 1.07. The highest BCUT2D eigenvalue weighted by molar-refractivity contribution is 5.68. The van der Waals surface area contributed by atoms with Crippen molar-refractivity contribution < 1.29 is 34.4 Å². The highest BCUT2D eigenvalue weighted by atomic mass is 16.6. The molecule has 4 N–H and O–H groups in total. The molecule has 134 valence electrons. The van der Waals surface area contributed by atoms with E-state index >= 15 is 0 Å². The number of alkyl carbamates (subject to hydrolysis) is 1. The van der Waals surface area contributed by atoms with Crippen molar-refractivity contribution in [2.24, 2.45) is 0 Å². The Balaban J connectivity index is 2.51. The Morgan fingerprint density at radius 1 is 1.17 bits per heavy atom. The van der Waals surface area contributed by atoms with Gasteiger partial charge in [0.25, 0.3) is 0 Å². The van der Waals surface area contributed by atoms with Crippen LogP contribution in [-0.4, -0.2) is 52.2 Å². The fourth-order valence-corrected chi connectivity index (χ4v) is 1.74. The first-order valence-electron chi connectivity index (χ1n) is 7.36. The maximum absolute atomic E-state index is 11.5. The zero-order chi connectivity index (χ0) is 18.3. The minimum Gasteiger partial charge on any atom is -0.482 e. The summed E-state index contributed by atoms with van der Waals surface area (Å²) in [5.74, 6) is -0.766. The number of benzene rings is 1. The second-order valence-electron chi connectivity index (χ2n) is 6.15. The monoisotopic (exact) mass is 341 g/mol. The van der Waals surface area contributed by atoms with E-state index in [2.05, 4.69) is 5.32 Å². The van der Waals surface area contributed by atoms with E-state index in [4.69, 9.17) is 14.6 Å². The molecule has 1 aromatic rings. The molecule has 0 bridgehead atoms. The SMILES string of the molecule is CC(C)(C)OC(=O)NCC(O)C(O)c1ccc(OCC(=O)O)cc1. The van der Waals surface area contributed by atoms with Crippen molar-refractivity contribution in [3.63, 3.8) is 0 Å². The number of aliphatic hydroxyl groups is 2. The normalized spacial score (nSPS) is 13.7. The Morgan fingerprint density at radius 2 is 1.75 bits per heavy atom. The first-order valence-corrected chi connectivity index (χ1v) is 7.36. The molecule has 0 aliphatic heterocycles. The summed E-state index contributed by atoms with van der Waals surface area (Å²) >= 11 is 0. The lowest BCUT2D eigenvalue weighted by Crippen LogP contribution is -2.38. The van der Waals surface area contributed by atoms with Gasteiger partial charge in [-0.15, -0.1) is 0 Å². The Kier molecular flexibility index (Phi) is 6.99. The van der Waals surface area contributed by atoms with Crippen LogP contribution >= 0.6 is 0 Å². The van der Waals surface area contributed by atoms with Gasteiger partial charge >= 0.3 is 12.1 Å². The molecule has 24 heavy (non-hydrogen) atoms. The summed E-state index contributed by atoms with van der Waals surface area (Å²) in [5.41, 5.74) is -0.254. The number of carboxylic acids is 1. The zero-order valence-electron chi connectivity index (χ0n) is 13.9. The van der Waals surface area contributed by atoms with E-state index in [1.54, 1.807) is 20.8 Å². The van der Waals surface area contributed by atoms with E-state index in [1.165, 1.54) is 24.3 Å². The van der Waals surface area contributed by atoms with Gasteiger partial charge in [0.1, 0.15) is 23.6 Å². The molecule has 0 aliphatic rings. The highest BCUT2D eigenvalue weighted by Crippen LogP contribution is 2.20. The van der Waals surface area contributed by atoms with Crippen molar-refractivity contribution in [1.29, 1.82) is 0 Å². The van der Waals surface area contributed by atoms with Gasteiger partial charge in [-0.3, -0.25) is 0 Å². The van der Waals surface area contributed by atoms with Crippen molar-refractivity contribution in [3.05, 3.63) is 29.8 Å². The number of amides is 1. The molecule has 2 atom stereocenters. The summed E-state index contributed by atoms with van der Waals surface area (Å²) in [5, 5.41) is 30.9. The second-order valence-corrected chi connectivity index (χ2v) is 6.15. The van der Waals surface area contributed by atoms with Crippen molar-refractivity contribution >= 4 is 12.1 Å². The van der Waals surface area contributed by atoms with E-state index in [-0.39, 0.29) is 6.54 Å². The number of hydrogen-bond acceptors (Lipinski definition) is 6. The van der Waals surface area contributed by atoms with Gasteiger partial charge in [-0.1, -0.05) is 12.1 Å². The summed E-state index contributed by atoms with van der Waals surface area (Å²) in [6, 6.07) is 5.96. The summed E-state index contributed by atoms with van der Waals surface area (Å²) < 4.78 is 10.00. The first-order chi connectivity index (χ1) is 11.1. The fraction of sp³-hybridized carbons (Fsp3) is 0.500. The largest absolute Gasteiger partial charge is 0.482 e. The lowest BCUT2D eigenvalue weighted by Gasteiger charge is -2.22. The standard InChI is InChI=1S/C16H23NO7/c1-16(2,3)24-15(22)17-8-12(18)14(21)10-4-6-11(7-5-10)23-9-13(19)20/h4-7,12,14,18,21H,8-9H2,1-3H3,(H,17,22)(H,19,20). The van der Waals surface area contributed by atoms with E-state index in [0.29, 0.717) is 11.3 Å². The van der Waals surface area contributed by atoms with E-state index < -0.39 is 36.5 Å². The predicted molar refractivity (Wildman–Crippen MR) is 84.8 cm³/mol. The maximum Gasteiger partial charge on any atom is 0.407 e. The van der Waals surface area contributed by atoms with Crippen molar-refractivity contribution in [1.82, 2.24) is 5.32 Å². The van der Waals surface area contributed by atoms with Gasteiger partial charge in [-0.05, 0) is 38.5 Å². The fourth-order valence-electron chi connectivity index (χ4n) is 1.74. The van der Waals surface area contributed by atoms with Gasteiger partial charge in [0.15, 0.2) is 6.61 Å². The van der Waals surface area contributed by atoms with Crippen LogP contribution < -0.4 is 10.1 Å². The summed E-state index contributed by atoms with van der Waals surface area (Å²) in [4.78, 5) is 21.9. The molecule has 1 rings (SSSR count). The second kappa shape index (κ2) is 8.51. The average molecular weight is 341 g/mol. The van der Waals surface area contributed by atoms with Crippen LogP contribution in [0.1, 0.15) is 32.4 Å². The third-order valence-electron chi connectivity index (χ3n) is 2.80. The number of carboxylic acid groups (broad SMARTS) is 1. The number of rotatable bonds is 7. The van der Waals surface area contributed by atoms with Crippen LogP contribution in [0.2, 0.25) is 0 Å². The van der Waals surface area contributed by atoms with Gasteiger partial charge in [-0.2, -0.15) is 0 Å². The van der Waals surface area contributed by atoms with Crippen LogP contribution in [0.25, 0.3) is 0 Å². The van der Waals surface area contributed by atoms with Crippen molar-refractivity contribution in [2.75, 3.05) is 13.2 Å². The molecule has 0 heterocycles. The molecule has 0 spiro atoms. The lowest BCUT2D eigenvalue weighted by molar-refractivity contribution is -0.139. The quantitative estimate of drug-likeness (QED) is 0.584. The smallest absolute Gasteiger partial charge is 0.407 e. The molecule has 0 aromatic heterocycles. The van der Waals surface area contributed by atoms with Gasteiger partial charge in [0.2, 0.25) is 0 Å². The number of aliphatic hydroxyl groups excluding tert-OH is 2. The molecule has 0 radical (unpaired) electrons. The maximum atomic E-state index is 11.5. The molecule has 0 saturated carbocycles. The number of carbonyl (C=O) groups is 2. The van der Waals surface area contributed by atoms with Crippen LogP contribution in [0.3, 0.4) is 0 Å². The molecule has 8 heteroatoms. The zero-order valence-corrected chi connectivity index (χ0v) is 13.9. The van der Waals surface area contributed by atoms with Crippen LogP contribution in [0, 0.1) is 0 Å². The Morgan fingerprint density at radius 3 is 2.25 bits per heavy atom. The van der Waals surface area contributed by atoms with Crippen molar-refractivity contribution in [3.8, 4) is 5.75 Å². The minimum atomic E-state index is -1.23. The number of hydrogen-bond donors (Lipinski definition) is 4. The molecule has 1 aromatic carbocycles. The summed E-state index contributed by atoms with van der Waals surface area (Å²) in [6.07, 6.45) is -3.15. The summed E-state index contributed by atoms with van der Waals surface area (Å²) in [7, 11) is 0. The molecule has 0 saturated heterocycles. The lowest BCUT2D eigenvalue weighted by atomic mass is 10.0. The Hall–Kier alpha value is -2.32. The molecule has 0 aliphatic carbocycles. The van der Waals surface area contributed by atoms with Crippen LogP contribution in [0.4, 0.5) is 4.79 Å². The minimum absolute atomic E-state index is 0.187. The third-order valence-corrected chi connectivity index (χ3v) is 2.80. The van der Waals surface area contributed by atoms with Crippen molar-refractivity contribution in [2.45, 2.75) is 38.6 Å². The van der Waals surface area contributed by atoms with E-state index in [1.807, 2.05) is 0 Å². The molecular weight excluding hydrogens is 318 g/mol. The van der Waals surface area contributed by atoms with Crippen LogP contribution in [-0.2, 0) is 9.53 Å². The Labute approximate surface area is 140 Å². The summed E-state index contributed by atoms with van der Waals surface area (Å²) in [6.45, 7) is 4.49. The topological polar surface area (TPSA) is 125 Å². The van der Waals surface area contributed by atoms with E-state index in [9.17, 15) is 19.8 Å². The first kappa shape index (κ1) is 19.7. The van der Waals surface area contributed by atoms with E-state index in [0.717, 1.165) is 0 Å². The molecule has 2 unspecified atom stereocenters. The van der Waals surface area contributed by atoms with Gasteiger partial charge in [0, 0.05) is 6.54 Å². The molecule has 1 amide bonds. The number of nitrogens with one attached hydrogen (secondary N) is 1. The van der Waals surface area contributed by atoms with Gasteiger partial charge < -0.3 is 30.1 Å². The number of carbonyl (C=O) groups excluding carboxylic acids is 1. The molecule has 0 fully saturated rings. The van der Waals surface area contributed by atoms with Gasteiger partial charge in [0.05, 0.1) is 0 Å². The average Bonchev–Trinajstić information content (AvgIpc) is 2.48. The molecular formula is C16H23NO7. The third kappa shape index (κ3) is 7.30. The van der Waals surface area contributed by atoms with Gasteiger partial charge in [-0.25, -0.2) is 9.59 Å².